The fourth-order valence-electron chi connectivity index (χ4n) is 4.13. The Labute approximate surface area is 195 Å². The summed E-state index contributed by atoms with van der Waals surface area (Å²) in [5.41, 5.74) is 0. The number of rotatable bonds is 22. The Morgan fingerprint density at radius 2 is 1.19 bits per heavy atom. The third kappa shape index (κ3) is 12.7. The lowest BCUT2D eigenvalue weighted by molar-refractivity contribution is -0.148. The van der Waals surface area contributed by atoms with Crippen molar-refractivity contribution >= 4 is 5.97 Å². The van der Waals surface area contributed by atoms with Crippen molar-refractivity contribution in [1.82, 2.24) is 0 Å². The van der Waals surface area contributed by atoms with Gasteiger partial charge in [0.05, 0.1) is 13.2 Å². The van der Waals surface area contributed by atoms with Gasteiger partial charge in [-0.05, 0) is 6.42 Å². The number of hydrogen-bond acceptors (Lipinski definition) is 6. The summed E-state index contributed by atoms with van der Waals surface area (Å²) in [6.45, 7) is 2.00. The summed E-state index contributed by atoms with van der Waals surface area (Å²) in [5, 5.41) is 28.3. The van der Waals surface area contributed by atoms with Gasteiger partial charge in [0.2, 0.25) is 5.76 Å². The number of aliphatic hydroxyl groups excluding tert-OH is 3. The molecule has 0 unspecified atom stereocenters. The van der Waals surface area contributed by atoms with Crippen LogP contribution >= 0.6 is 0 Å². The number of ether oxygens (including phenoxy) is 2. The first kappa shape index (κ1) is 28.8. The summed E-state index contributed by atoms with van der Waals surface area (Å²) >= 11 is 0. The van der Waals surface area contributed by atoms with Crippen molar-refractivity contribution in [3.05, 3.63) is 11.5 Å². The van der Waals surface area contributed by atoms with Crippen LogP contribution < -0.4 is 0 Å². The van der Waals surface area contributed by atoms with Gasteiger partial charge in [-0.25, -0.2) is 4.79 Å². The average Bonchev–Trinajstić information content (AvgIpc) is 3.08. The van der Waals surface area contributed by atoms with Gasteiger partial charge < -0.3 is 24.8 Å². The third-order valence-electron chi connectivity index (χ3n) is 6.20. The molecule has 0 aromatic heterocycles. The highest BCUT2D eigenvalue weighted by Gasteiger charge is 2.40. The largest absolute Gasteiger partial charge is 0.505 e. The molecule has 1 aliphatic heterocycles. The quantitative estimate of drug-likeness (QED) is 0.135. The van der Waals surface area contributed by atoms with Gasteiger partial charge in [0, 0.05) is 0 Å². The van der Waals surface area contributed by atoms with Crippen LogP contribution in [-0.2, 0) is 14.3 Å². The number of cyclic esters (lactones) is 1. The first-order chi connectivity index (χ1) is 15.6. The molecule has 32 heavy (non-hydrogen) atoms. The average molecular weight is 457 g/mol. The van der Waals surface area contributed by atoms with E-state index in [4.69, 9.17) is 14.6 Å². The van der Waals surface area contributed by atoms with Crippen LogP contribution in [0.25, 0.3) is 0 Å². The number of aliphatic hydroxyl groups is 3. The van der Waals surface area contributed by atoms with Gasteiger partial charge >= 0.3 is 5.97 Å². The number of esters is 1. The van der Waals surface area contributed by atoms with Crippen LogP contribution in [0.2, 0.25) is 0 Å². The van der Waals surface area contributed by atoms with E-state index in [0.717, 1.165) is 19.3 Å². The lowest BCUT2D eigenvalue weighted by Gasteiger charge is -2.13. The second kappa shape index (κ2) is 19.2. The van der Waals surface area contributed by atoms with E-state index in [1.165, 1.54) is 96.3 Å². The summed E-state index contributed by atoms with van der Waals surface area (Å²) in [5.74, 6) is -1.46. The van der Waals surface area contributed by atoms with Crippen molar-refractivity contribution in [3.63, 3.8) is 0 Å². The molecule has 0 aromatic carbocycles. The minimum absolute atomic E-state index is 0.241. The molecule has 0 aromatic rings. The Balaban J connectivity index is 1.85. The molecule has 6 heteroatoms. The van der Waals surface area contributed by atoms with Crippen LogP contribution in [0.4, 0.5) is 0 Å². The van der Waals surface area contributed by atoms with Crippen LogP contribution in [0.3, 0.4) is 0 Å². The van der Waals surface area contributed by atoms with Gasteiger partial charge in [-0.3, -0.25) is 0 Å². The molecule has 188 valence electrons. The second-order valence-corrected chi connectivity index (χ2v) is 9.15. The summed E-state index contributed by atoms with van der Waals surface area (Å²) in [6, 6.07) is 0. The van der Waals surface area contributed by atoms with Gasteiger partial charge in [0.25, 0.3) is 0 Å². The minimum atomic E-state index is -1.34. The Hall–Kier alpha value is -1.27. The van der Waals surface area contributed by atoms with E-state index in [0.29, 0.717) is 6.61 Å². The monoisotopic (exact) mass is 456 g/mol. The molecule has 0 saturated carbocycles. The number of carbonyl (C=O) groups excluding carboxylic acids is 1. The Morgan fingerprint density at radius 3 is 1.59 bits per heavy atom. The number of unbranched alkanes of at least 4 members (excludes halogenated alkanes) is 17. The van der Waals surface area contributed by atoms with Crippen LogP contribution in [-0.4, -0.2) is 46.7 Å². The standard InChI is InChI=1S/C26H48O6/c1-2-3-4-5-6-7-8-9-10-11-12-13-14-15-16-17-18-19-20-31-25-23(29)24(22(28)21-27)32-26(25)30/h22,24,27-29H,2-21H2,1H3/t22-,24+/m0/s1. The lowest BCUT2D eigenvalue weighted by atomic mass is 10.0. The van der Waals surface area contributed by atoms with Gasteiger partial charge in [-0.1, -0.05) is 116 Å². The summed E-state index contributed by atoms with van der Waals surface area (Å²) in [6.07, 6.45) is 20.9. The SMILES string of the molecule is CCCCCCCCCCCCCCCCCCCCOC1=C(O)[C@@H]([C@@H](O)CO)OC1=O. The number of hydrogen-bond donors (Lipinski definition) is 3. The summed E-state index contributed by atoms with van der Waals surface area (Å²) in [4.78, 5) is 11.7. The predicted octanol–water partition coefficient (Wildman–Crippen LogP) is 6.09. The van der Waals surface area contributed by atoms with Gasteiger partial charge in [0.15, 0.2) is 11.9 Å². The zero-order chi connectivity index (χ0) is 23.4. The smallest absolute Gasteiger partial charge is 0.378 e. The minimum Gasteiger partial charge on any atom is -0.505 e. The third-order valence-corrected chi connectivity index (χ3v) is 6.20. The molecule has 0 aliphatic carbocycles. The fraction of sp³-hybridized carbons (Fsp3) is 0.885. The van der Waals surface area contributed by atoms with Crippen LogP contribution in [0.15, 0.2) is 11.5 Å². The fourth-order valence-corrected chi connectivity index (χ4v) is 4.13. The zero-order valence-electron chi connectivity index (χ0n) is 20.4. The molecular weight excluding hydrogens is 408 g/mol. The molecule has 1 aliphatic rings. The Kier molecular flexibility index (Phi) is 17.3. The van der Waals surface area contributed by atoms with E-state index in [1.54, 1.807) is 0 Å². The topological polar surface area (TPSA) is 96.2 Å². The molecule has 1 heterocycles. The van der Waals surface area contributed by atoms with E-state index in [9.17, 15) is 15.0 Å². The van der Waals surface area contributed by atoms with Crippen molar-refractivity contribution in [2.45, 2.75) is 135 Å². The predicted molar refractivity (Wildman–Crippen MR) is 127 cm³/mol. The van der Waals surface area contributed by atoms with Gasteiger partial charge in [-0.15, -0.1) is 0 Å². The zero-order valence-corrected chi connectivity index (χ0v) is 20.4. The van der Waals surface area contributed by atoms with Gasteiger partial charge in [-0.2, -0.15) is 0 Å². The number of carbonyl (C=O) groups is 1. The van der Waals surface area contributed by atoms with Crippen LogP contribution in [0.1, 0.15) is 122 Å². The molecule has 3 N–H and O–H groups in total. The molecule has 0 radical (unpaired) electrons. The normalized spacial score (nSPS) is 17.1. The van der Waals surface area contributed by atoms with E-state index in [2.05, 4.69) is 6.92 Å². The van der Waals surface area contributed by atoms with Gasteiger partial charge in [0.1, 0.15) is 6.10 Å². The first-order valence-corrected chi connectivity index (χ1v) is 13.2. The van der Waals surface area contributed by atoms with Crippen LogP contribution in [0, 0.1) is 0 Å². The van der Waals surface area contributed by atoms with Crippen LogP contribution in [0.5, 0.6) is 0 Å². The van der Waals surface area contributed by atoms with E-state index >= 15 is 0 Å². The molecule has 2 atom stereocenters. The molecule has 0 fully saturated rings. The summed E-state index contributed by atoms with van der Waals surface area (Å²) in [7, 11) is 0. The van der Waals surface area contributed by atoms with Crippen molar-refractivity contribution in [1.29, 1.82) is 0 Å². The van der Waals surface area contributed by atoms with Crippen molar-refractivity contribution in [3.8, 4) is 0 Å². The highest BCUT2D eigenvalue weighted by Crippen LogP contribution is 2.24. The summed E-state index contributed by atoms with van der Waals surface area (Å²) < 4.78 is 10.2. The molecule has 0 bridgehead atoms. The molecule has 0 amide bonds. The Bertz CT molecular complexity index is 505. The first-order valence-electron chi connectivity index (χ1n) is 13.2. The van der Waals surface area contributed by atoms with E-state index < -0.39 is 30.5 Å². The molecule has 1 rings (SSSR count). The van der Waals surface area contributed by atoms with E-state index in [1.807, 2.05) is 0 Å². The van der Waals surface area contributed by atoms with E-state index in [-0.39, 0.29) is 5.76 Å². The maximum Gasteiger partial charge on any atom is 0.378 e. The molecule has 0 saturated heterocycles. The molecular formula is C26H48O6. The maximum absolute atomic E-state index is 11.7. The van der Waals surface area contributed by atoms with Crippen molar-refractivity contribution in [2.75, 3.05) is 13.2 Å². The lowest BCUT2D eigenvalue weighted by Crippen LogP contribution is -2.31. The highest BCUT2D eigenvalue weighted by atomic mass is 16.6. The van der Waals surface area contributed by atoms with Crippen molar-refractivity contribution < 1.29 is 29.6 Å². The highest BCUT2D eigenvalue weighted by molar-refractivity contribution is 5.89. The Morgan fingerprint density at radius 1 is 0.781 bits per heavy atom. The molecule has 0 spiro atoms. The second-order valence-electron chi connectivity index (χ2n) is 9.15. The maximum atomic E-state index is 11.7. The van der Waals surface area contributed by atoms with Crippen molar-refractivity contribution in [2.24, 2.45) is 0 Å². The molecule has 6 nitrogen and oxygen atoms in total.